The maximum atomic E-state index is 13.6. The maximum absolute atomic E-state index is 13.6. The lowest BCUT2D eigenvalue weighted by atomic mass is 10.1. The summed E-state index contributed by atoms with van der Waals surface area (Å²) in [5.41, 5.74) is 8.37. The van der Waals surface area contributed by atoms with Gasteiger partial charge in [0.15, 0.2) is 0 Å². The standard InChI is InChI=1S/C26H28FN3O3/c1-33-24-12-8-19(9-13-24)16-25(31)29-23-10-6-20(7-11-23)18-30(15-3-14-28)26(32)21-4-2-5-22(27)17-21/h2,4-13,17H,3,14-16,18,28H2,1H3,(H,29,31). The van der Waals surface area contributed by atoms with Crippen LogP contribution in [0.2, 0.25) is 0 Å². The van der Waals surface area contributed by atoms with Gasteiger partial charge in [0, 0.05) is 24.3 Å². The van der Waals surface area contributed by atoms with Crippen LogP contribution in [-0.4, -0.2) is 36.9 Å². The summed E-state index contributed by atoms with van der Waals surface area (Å²) in [4.78, 5) is 26.9. The van der Waals surface area contributed by atoms with Crippen molar-refractivity contribution in [1.82, 2.24) is 4.90 Å². The summed E-state index contributed by atoms with van der Waals surface area (Å²) < 4.78 is 18.7. The fourth-order valence-electron chi connectivity index (χ4n) is 3.39. The molecule has 0 saturated carbocycles. The molecule has 0 bridgehead atoms. The molecule has 0 atom stereocenters. The molecule has 0 radical (unpaired) electrons. The number of amides is 2. The molecule has 7 heteroatoms. The Morgan fingerprint density at radius 3 is 2.33 bits per heavy atom. The molecule has 2 amide bonds. The van der Waals surface area contributed by atoms with Crippen molar-refractivity contribution in [3.05, 3.63) is 95.3 Å². The van der Waals surface area contributed by atoms with Crippen LogP contribution in [0, 0.1) is 5.82 Å². The molecule has 0 aliphatic carbocycles. The topological polar surface area (TPSA) is 84.7 Å². The van der Waals surface area contributed by atoms with Crippen molar-refractivity contribution in [2.75, 3.05) is 25.5 Å². The third-order valence-corrected chi connectivity index (χ3v) is 5.13. The molecule has 0 saturated heterocycles. The van der Waals surface area contributed by atoms with E-state index >= 15 is 0 Å². The fraction of sp³-hybridized carbons (Fsp3) is 0.231. The fourth-order valence-corrected chi connectivity index (χ4v) is 3.39. The minimum absolute atomic E-state index is 0.126. The van der Waals surface area contributed by atoms with Gasteiger partial charge in [-0.3, -0.25) is 9.59 Å². The van der Waals surface area contributed by atoms with Crippen LogP contribution in [0.15, 0.2) is 72.8 Å². The molecular formula is C26H28FN3O3. The molecule has 0 aliphatic heterocycles. The van der Waals surface area contributed by atoms with Gasteiger partial charge < -0.3 is 20.7 Å². The number of anilines is 1. The second-order valence-electron chi connectivity index (χ2n) is 7.65. The number of nitrogens with zero attached hydrogens (tertiary/aromatic N) is 1. The molecule has 6 nitrogen and oxygen atoms in total. The summed E-state index contributed by atoms with van der Waals surface area (Å²) in [6.45, 7) is 1.27. The highest BCUT2D eigenvalue weighted by atomic mass is 19.1. The summed E-state index contributed by atoms with van der Waals surface area (Å²) in [5, 5.41) is 2.88. The first-order chi connectivity index (χ1) is 16.0. The normalized spacial score (nSPS) is 10.5. The maximum Gasteiger partial charge on any atom is 0.254 e. The van der Waals surface area contributed by atoms with Crippen molar-refractivity contribution >= 4 is 17.5 Å². The third-order valence-electron chi connectivity index (χ3n) is 5.13. The van der Waals surface area contributed by atoms with E-state index in [4.69, 9.17) is 10.5 Å². The number of benzene rings is 3. The van der Waals surface area contributed by atoms with Gasteiger partial charge in [0.25, 0.3) is 5.91 Å². The number of nitrogens with two attached hydrogens (primary N) is 1. The molecule has 3 aromatic carbocycles. The first-order valence-electron chi connectivity index (χ1n) is 10.7. The van der Waals surface area contributed by atoms with Gasteiger partial charge in [-0.1, -0.05) is 30.3 Å². The summed E-state index contributed by atoms with van der Waals surface area (Å²) >= 11 is 0. The zero-order chi connectivity index (χ0) is 23.6. The van der Waals surface area contributed by atoms with Crippen LogP contribution in [-0.2, 0) is 17.8 Å². The lowest BCUT2D eigenvalue weighted by Gasteiger charge is -2.23. The number of halogens is 1. The van der Waals surface area contributed by atoms with E-state index in [1.165, 1.54) is 18.2 Å². The Morgan fingerprint density at radius 2 is 1.70 bits per heavy atom. The van der Waals surface area contributed by atoms with E-state index in [9.17, 15) is 14.0 Å². The molecule has 3 N–H and O–H groups in total. The van der Waals surface area contributed by atoms with Crippen molar-refractivity contribution in [2.24, 2.45) is 5.73 Å². The molecular weight excluding hydrogens is 421 g/mol. The predicted octanol–water partition coefficient (Wildman–Crippen LogP) is 4.01. The van der Waals surface area contributed by atoms with Crippen LogP contribution in [0.1, 0.15) is 27.9 Å². The Bertz CT molecular complexity index is 1070. The van der Waals surface area contributed by atoms with Crippen LogP contribution >= 0.6 is 0 Å². The molecule has 0 fully saturated rings. The number of carbonyl (C=O) groups excluding carboxylic acids is 2. The average Bonchev–Trinajstić information content (AvgIpc) is 2.83. The van der Waals surface area contributed by atoms with Gasteiger partial charge in [-0.15, -0.1) is 0 Å². The van der Waals surface area contributed by atoms with Crippen molar-refractivity contribution in [3.63, 3.8) is 0 Å². The van der Waals surface area contributed by atoms with Gasteiger partial charge in [0.1, 0.15) is 11.6 Å². The smallest absolute Gasteiger partial charge is 0.254 e. The lowest BCUT2D eigenvalue weighted by Crippen LogP contribution is -2.32. The van der Waals surface area contributed by atoms with E-state index in [1.807, 2.05) is 36.4 Å². The van der Waals surface area contributed by atoms with E-state index in [0.717, 1.165) is 16.9 Å². The molecule has 33 heavy (non-hydrogen) atoms. The Morgan fingerprint density at radius 1 is 1.00 bits per heavy atom. The molecule has 172 valence electrons. The number of nitrogens with one attached hydrogen (secondary N) is 1. The Labute approximate surface area is 193 Å². The number of hydrogen-bond acceptors (Lipinski definition) is 4. The summed E-state index contributed by atoms with van der Waals surface area (Å²) in [6.07, 6.45) is 0.890. The van der Waals surface area contributed by atoms with Crippen molar-refractivity contribution < 1.29 is 18.7 Å². The minimum atomic E-state index is -0.450. The van der Waals surface area contributed by atoms with E-state index < -0.39 is 5.82 Å². The molecule has 0 aliphatic rings. The second kappa shape index (κ2) is 11.8. The number of rotatable bonds is 10. The van der Waals surface area contributed by atoms with Gasteiger partial charge >= 0.3 is 0 Å². The van der Waals surface area contributed by atoms with Crippen LogP contribution in [0.3, 0.4) is 0 Å². The highest BCUT2D eigenvalue weighted by Gasteiger charge is 2.16. The largest absolute Gasteiger partial charge is 0.497 e. The van der Waals surface area contributed by atoms with Crippen LogP contribution in [0.5, 0.6) is 5.75 Å². The molecule has 3 aromatic rings. The van der Waals surface area contributed by atoms with Crippen molar-refractivity contribution in [1.29, 1.82) is 0 Å². The van der Waals surface area contributed by atoms with Gasteiger partial charge in [0.2, 0.25) is 5.91 Å². The molecule has 0 spiro atoms. The minimum Gasteiger partial charge on any atom is -0.497 e. The summed E-state index contributed by atoms with van der Waals surface area (Å²) in [5.74, 6) is -0.0842. The Hall–Kier alpha value is -3.71. The first-order valence-corrected chi connectivity index (χ1v) is 10.7. The highest BCUT2D eigenvalue weighted by Crippen LogP contribution is 2.16. The number of methoxy groups -OCH3 is 1. The number of ether oxygens (including phenoxy) is 1. The van der Waals surface area contributed by atoms with E-state index in [-0.39, 0.29) is 18.2 Å². The zero-order valence-electron chi connectivity index (χ0n) is 18.6. The van der Waals surface area contributed by atoms with Crippen LogP contribution < -0.4 is 15.8 Å². The quantitative estimate of drug-likeness (QED) is 0.490. The van der Waals surface area contributed by atoms with E-state index in [1.54, 1.807) is 30.2 Å². The zero-order valence-corrected chi connectivity index (χ0v) is 18.6. The predicted molar refractivity (Wildman–Crippen MR) is 127 cm³/mol. The van der Waals surface area contributed by atoms with Gasteiger partial charge in [-0.2, -0.15) is 0 Å². The van der Waals surface area contributed by atoms with E-state index in [0.29, 0.717) is 37.3 Å². The SMILES string of the molecule is COc1ccc(CC(=O)Nc2ccc(CN(CCCN)C(=O)c3cccc(F)c3)cc2)cc1. The summed E-state index contributed by atoms with van der Waals surface area (Å²) in [7, 11) is 1.60. The Kier molecular flexibility index (Phi) is 8.55. The third kappa shape index (κ3) is 7.15. The molecule has 0 aromatic heterocycles. The molecule has 0 heterocycles. The average molecular weight is 450 g/mol. The second-order valence-corrected chi connectivity index (χ2v) is 7.65. The van der Waals surface area contributed by atoms with Gasteiger partial charge in [-0.25, -0.2) is 4.39 Å². The van der Waals surface area contributed by atoms with E-state index in [2.05, 4.69) is 5.32 Å². The number of hydrogen-bond donors (Lipinski definition) is 2. The monoisotopic (exact) mass is 449 g/mol. The van der Waals surface area contributed by atoms with Gasteiger partial charge in [-0.05, 0) is 66.6 Å². The number of carbonyl (C=O) groups is 2. The summed E-state index contributed by atoms with van der Waals surface area (Å²) in [6, 6.07) is 20.3. The highest BCUT2D eigenvalue weighted by molar-refractivity contribution is 5.94. The van der Waals surface area contributed by atoms with Crippen molar-refractivity contribution in [2.45, 2.75) is 19.4 Å². The molecule has 3 rings (SSSR count). The first kappa shape index (κ1) is 23.9. The Balaban J connectivity index is 1.61. The van der Waals surface area contributed by atoms with Crippen LogP contribution in [0.25, 0.3) is 0 Å². The molecule has 0 unspecified atom stereocenters. The van der Waals surface area contributed by atoms with Crippen LogP contribution in [0.4, 0.5) is 10.1 Å². The van der Waals surface area contributed by atoms with Gasteiger partial charge in [0.05, 0.1) is 13.5 Å². The lowest BCUT2D eigenvalue weighted by molar-refractivity contribution is -0.115. The van der Waals surface area contributed by atoms with Crippen molar-refractivity contribution in [3.8, 4) is 5.75 Å².